The van der Waals surface area contributed by atoms with Crippen molar-refractivity contribution in [3.63, 3.8) is 0 Å². The van der Waals surface area contributed by atoms with Gasteiger partial charge in [0.25, 0.3) is 0 Å². The number of nitrogens with zero attached hydrogens (tertiary/aromatic N) is 1. The second kappa shape index (κ2) is 3.09. The zero-order valence-corrected chi connectivity index (χ0v) is 9.73. The maximum atomic E-state index is 10.8. The van der Waals surface area contributed by atoms with Crippen LogP contribution in [0.2, 0.25) is 0 Å². The topological polar surface area (TPSA) is 63.3 Å². The minimum atomic E-state index is -0.948. The van der Waals surface area contributed by atoms with Crippen LogP contribution in [0.1, 0.15) is 42.4 Å². The molecule has 1 fully saturated rings. The first-order chi connectivity index (χ1) is 7.97. The van der Waals surface area contributed by atoms with Gasteiger partial charge in [-0.05, 0) is 30.0 Å². The van der Waals surface area contributed by atoms with E-state index < -0.39 is 5.97 Å². The van der Waals surface area contributed by atoms with Gasteiger partial charge in [0, 0.05) is 5.92 Å². The first kappa shape index (κ1) is 10.3. The third kappa shape index (κ3) is 1.60. The molecule has 0 amide bonds. The highest BCUT2D eigenvalue weighted by molar-refractivity contribution is 5.91. The number of hydrogen-bond donors (Lipinski definition) is 1. The van der Waals surface area contributed by atoms with Crippen LogP contribution >= 0.6 is 0 Å². The van der Waals surface area contributed by atoms with E-state index >= 15 is 0 Å². The summed E-state index contributed by atoms with van der Waals surface area (Å²) in [6.45, 7) is 4.35. The molecule has 1 N–H and O–H groups in total. The Morgan fingerprint density at radius 3 is 2.82 bits per heavy atom. The Morgan fingerprint density at radius 2 is 2.24 bits per heavy atom. The van der Waals surface area contributed by atoms with Gasteiger partial charge in [-0.15, -0.1) is 0 Å². The molecule has 0 spiro atoms. The number of rotatable bonds is 2. The third-order valence-electron chi connectivity index (χ3n) is 3.46. The molecule has 0 aliphatic heterocycles. The van der Waals surface area contributed by atoms with Crippen LogP contribution in [-0.2, 0) is 0 Å². The molecule has 1 aliphatic rings. The second-order valence-electron chi connectivity index (χ2n) is 5.29. The van der Waals surface area contributed by atoms with Crippen LogP contribution in [0.4, 0.5) is 0 Å². The number of oxazole rings is 1. The van der Waals surface area contributed by atoms with Crippen molar-refractivity contribution in [1.29, 1.82) is 0 Å². The summed E-state index contributed by atoms with van der Waals surface area (Å²) in [5.74, 6) is 0.146. The lowest BCUT2D eigenvalue weighted by molar-refractivity contribution is 0.0697. The summed E-state index contributed by atoms with van der Waals surface area (Å²) in [5, 5.41) is 8.89. The van der Waals surface area contributed by atoms with Crippen LogP contribution in [0.25, 0.3) is 11.1 Å². The number of fused-ring (bicyclic) bond motifs is 1. The Balaban J connectivity index is 2.05. The number of aromatic nitrogens is 1. The fourth-order valence-corrected chi connectivity index (χ4v) is 2.11. The van der Waals surface area contributed by atoms with Gasteiger partial charge in [-0.25, -0.2) is 9.78 Å². The van der Waals surface area contributed by atoms with Crippen molar-refractivity contribution in [2.45, 2.75) is 26.2 Å². The maximum Gasteiger partial charge on any atom is 0.335 e. The number of carbonyl (C=O) groups is 1. The molecule has 1 aromatic heterocycles. The summed E-state index contributed by atoms with van der Waals surface area (Å²) in [6.07, 6.45) is 1.08. The Hall–Kier alpha value is -1.84. The summed E-state index contributed by atoms with van der Waals surface area (Å²) in [7, 11) is 0. The summed E-state index contributed by atoms with van der Waals surface area (Å²) in [4.78, 5) is 15.2. The van der Waals surface area contributed by atoms with Gasteiger partial charge >= 0.3 is 5.97 Å². The van der Waals surface area contributed by atoms with Crippen LogP contribution in [0.15, 0.2) is 22.6 Å². The summed E-state index contributed by atoms with van der Waals surface area (Å²) in [5.41, 5.74) is 1.78. The number of aromatic carboxylic acids is 1. The van der Waals surface area contributed by atoms with E-state index in [0.29, 0.717) is 11.5 Å². The first-order valence-electron chi connectivity index (χ1n) is 5.61. The van der Waals surface area contributed by atoms with Gasteiger partial charge in [0.05, 0.1) is 5.56 Å². The third-order valence-corrected chi connectivity index (χ3v) is 3.46. The normalized spacial score (nSPS) is 21.6. The molecule has 17 heavy (non-hydrogen) atoms. The lowest BCUT2D eigenvalue weighted by Crippen LogP contribution is -1.94. The van der Waals surface area contributed by atoms with E-state index in [9.17, 15) is 4.79 Å². The molecule has 1 atom stereocenters. The van der Waals surface area contributed by atoms with Crippen molar-refractivity contribution in [3.05, 3.63) is 29.7 Å². The lowest BCUT2D eigenvalue weighted by atomic mass is 10.1. The van der Waals surface area contributed by atoms with Gasteiger partial charge in [0.2, 0.25) is 0 Å². The summed E-state index contributed by atoms with van der Waals surface area (Å²) in [6, 6.07) is 4.78. The Kier molecular flexibility index (Phi) is 1.88. The van der Waals surface area contributed by atoms with E-state index in [4.69, 9.17) is 9.52 Å². The van der Waals surface area contributed by atoms with Crippen LogP contribution in [0, 0.1) is 5.41 Å². The van der Waals surface area contributed by atoms with Crippen molar-refractivity contribution < 1.29 is 14.3 Å². The van der Waals surface area contributed by atoms with Gasteiger partial charge in [0.15, 0.2) is 11.5 Å². The lowest BCUT2D eigenvalue weighted by Gasteiger charge is -1.96. The molecule has 0 bridgehead atoms. The van der Waals surface area contributed by atoms with Gasteiger partial charge in [-0.1, -0.05) is 13.8 Å². The van der Waals surface area contributed by atoms with Crippen LogP contribution in [-0.4, -0.2) is 16.1 Å². The fourth-order valence-electron chi connectivity index (χ4n) is 2.11. The largest absolute Gasteiger partial charge is 0.478 e. The monoisotopic (exact) mass is 231 g/mol. The molecule has 3 rings (SSSR count). The number of hydrogen-bond acceptors (Lipinski definition) is 3. The highest BCUT2D eigenvalue weighted by Crippen LogP contribution is 2.58. The molecule has 0 saturated heterocycles. The van der Waals surface area contributed by atoms with E-state index in [1.54, 1.807) is 12.1 Å². The molecule has 88 valence electrons. The van der Waals surface area contributed by atoms with Crippen LogP contribution < -0.4 is 0 Å². The van der Waals surface area contributed by atoms with Gasteiger partial charge < -0.3 is 9.52 Å². The average Bonchev–Trinajstić information content (AvgIpc) is 2.74. The zero-order chi connectivity index (χ0) is 12.2. The highest BCUT2D eigenvalue weighted by atomic mass is 16.4. The summed E-state index contributed by atoms with van der Waals surface area (Å²) < 4.78 is 5.64. The number of carboxylic acid groups (broad SMARTS) is 1. The van der Waals surface area contributed by atoms with Crippen molar-refractivity contribution in [3.8, 4) is 0 Å². The minimum absolute atomic E-state index is 0.232. The van der Waals surface area contributed by atoms with Crippen LogP contribution in [0.3, 0.4) is 0 Å². The maximum absolute atomic E-state index is 10.8. The Morgan fingerprint density at radius 1 is 1.53 bits per heavy atom. The molecule has 1 heterocycles. The second-order valence-corrected chi connectivity index (χ2v) is 5.29. The van der Waals surface area contributed by atoms with Gasteiger partial charge in [0.1, 0.15) is 5.52 Å². The molecule has 4 heteroatoms. The first-order valence-corrected chi connectivity index (χ1v) is 5.61. The van der Waals surface area contributed by atoms with E-state index in [1.165, 1.54) is 6.07 Å². The standard InChI is InChI=1S/C13H13NO3/c1-13(2)6-8(13)11-14-9-4-3-7(12(15)16)5-10(9)17-11/h3-5,8H,6H2,1-2H3,(H,15,16). The Labute approximate surface area is 98.3 Å². The van der Waals surface area contributed by atoms with Gasteiger partial charge in [-0.2, -0.15) is 0 Å². The predicted molar refractivity (Wildman–Crippen MR) is 62.1 cm³/mol. The zero-order valence-electron chi connectivity index (χ0n) is 9.73. The predicted octanol–water partition coefficient (Wildman–Crippen LogP) is 3.04. The molecule has 0 radical (unpaired) electrons. The van der Waals surface area contributed by atoms with E-state index in [1.807, 2.05) is 0 Å². The van der Waals surface area contributed by atoms with E-state index in [0.717, 1.165) is 17.8 Å². The van der Waals surface area contributed by atoms with Gasteiger partial charge in [-0.3, -0.25) is 0 Å². The molecular weight excluding hydrogens is 218 g/mol. The van der Waals surface area contributed by atoms with E-state index in [-0.39, 0.29) is 11.0 Å². The van der Waals surface area contributed by atoms with Crippen molar-refractivity contribution >= 4 is 17.1 Å². The number of carboxylic acids is 1. The van der Waals surface area contributed by atoms with Crippen LogP contribution in [0.5, 0.6) is 0 Å². The summed E-state index contributed by atoms with van der Waals surface area (Å²) >= 11 is 0. The van der Waals surface area contributed by atoms with Crippen molar-refractivity contribution in [1.82, 2.24) is 4.98 Å². The molecule has 1 unspecified atom stereocenters. The quantitative estimate of drug-likeness (QED) is 0.862. The molecule has 2 aromatic rings. The smallest absolute Gasteiger partial charge is 0.335 e. The molecule has 4 nitrogen and oxygen atoms in total. The molecular formula is C13H13NO3. The van der Waals surface area contributed by atoms with Crippen molar-refractivity contribution in [2.24, 2.45) is 5.41 Å². The van der Waals surface area contributed by atoms with Crippen molar-refractivity contribution in [2.75, 3.05) is 0 Å². The molecule has 1 aliphatic carbocycles. The average molecular weight is 231 g/mol. The SMILES string of the molecule is CC1(C)CC1c1nc2ccc(C(=O)O)cc2o1. The van der Waals surface area contributed by atoms with E-state index in [2.05, 4.69) is 18.8 Å². The minimum Gasteiger partial charge on any atom is -0.478 e. The number of benzene rings is 1. The highest BCUT2D eigenvalue weighted by Gasteiger charge is 2.49. The Bertz CT molecular complexity index is 612. The molecule has 1 saturated carbocycles. The fraction of sp³-hybridized carbons (Fsp3) is 0.385. The molecule has 1 aromatic carbocycles.